The number of aromatic nitrogens is 3. The fraction of sp³-hybridized carbons (Fsp3) is 0.118. The fourth-order valence-corrected chi connectivity index (χ4v) is 2.22. The van der Waals surface area contributed by atoms with E-state index in [1.165, 1.54) is 35.3 Å². The van der Waals surface area contributed by atoms with E-state index in [0.717, 1.165) is 12.1 Å². The van der Waals surface area contributed by atoms with Crippen molar-refractivity contribution in [1.82, 2.24) is 14.8 Å². The van der Waals surface area contributed by atoms with Crippen molar-refractivity contribution >= 4 is 11.8 Å². The van der Waals surface area contributed by atoms with Gasteiger partial charge in [-0.1, -0.05) is 0 Å². The maximum Gasteiger partial charge on any atom is 0.499 e. The number of nitrogens with one attached hydrogen (secondary N) is 1. The number of hydrogen-bond donors (Lipinski definition) is 2. The molecule has 0 saturated carbocycles. The molecule has 0 saturated heterocycles. The lowest BCUT2D eigenvalue weighted by atomic mass is 10.2. The molecule has 0 atom stereocenters. The SMILES string of the molecule is O=C(O)Nc1ccc(-c2ncn(-c3ccc(OC(F)(F)C(F)(F)F)cc3)n2)cc1. The minimum atomic E-state index is -5.83. The molecule has 0 spiro atoms. The lowest BCUT2D eigenvalue weighted by Crippen LogP contribution is -2.41. The van der Waals surface area contributed by atoms with E-state index < -0.39 is 24.1 Å². The second-order valence-electron chi connectivity index (χ2n) is 5.63. The number of hydrogen-bond acceptors (Lipinski definition) is 4. The Hall–Kier alpha value is -3.70. The van der Waals surface area contributed by atoms with Crippen molar-refractivity contribution in [2.75, 3.05) is 5.32 Å². The van der Waals surface area contributed by atoms with Crippen LogP contribution >= 0.6 is 0 Å². The van der Waals surface area contributed by atoms with Gasteiger partial charge in [-0.05, 0) is 48.5 Å². The van der Waals surface area contributed by atoms with Crippen LogP contribution in [-0.4, -0.2) is 38.2 Å². The van der Waals surface area contributed by atoms with Crippen LogP contribution in [0, 0.1) is 0 Å². The number of amides is 1. The van der Waals surface area contributed by atoms with Crippen molar-refractivity contribution in [1.29, 1.82) is 0 Å². The highest BCUT2D eigenvalue weighted by atomic mass is 19.4. The fourth-order valence-electron chi connectivity index (χ4n) is 2.22. The predicted octanol–water partition coefficient (Wildman–Crippen LogP) is 4.56. The summed E-state index contributed by atoms with van der Waals surface area (Å²) in [6, 6.07) is 10.6. The molecule has 2 N–H and O–H groups in total. The van der Waals surface area contributed by atoms with E-state index in [0.29, 0.717) is 16.9 Å². The maximum atomic E-state index is 12.9. The van der Waals surface area contributed by atoms with Crippen LogP contribution in [0.25, 0.3) is 17.1 Å². The molecule has 0 unspecified atom stereocenters. The van der Waals surface area contributed by atoms with E-state index in [1.54, 1.807) is 12.1 Å². The molecule has 29 heavy (non-hydrogen) atoms. The molecule has 0 aliphatic heterocycles. The van der Waals surface area contributed by atoms with Crippen LogP contribution in [0.2, 0.25) is 0 Å². The zero-order chi connectivity index (χ0) is 21.2. The number of benzene rings is 2. The first-order chi connectivity index (χ1) is 13.5. The third kappa shape index (κ3) is 4.59. The molecule has 0 aliphatic carbocycles. The number of rotatable bonds is 5. The molecule has 3 rings (SSSR count). The molecule has 1 aromatic heterocycles. The molecule has 3 aromatic rings. The summed E-state index contributed by atoms with van der Waals surface area (Å²) < 4.78 is 67.4. The monoisotopic (exact) mass is 414 g/mol. The Morgan fingerprint density at radius 3 is 2.17 bits per heavy atom. The number of nitrogens with zero attached hydrogens (tertiary/aromatic N) is 3. The van der Waals surface area contributed by atoms with Crippen molar-refractivity contribution in [3.05, 3.63) is 54.9 Å². The van der Waals surface area contributed by atoms with Crippen LogP contribution in [0.4, 0.5) is 32.4 Å². The molecule has 152 valence electrons. The van der Waals surface area contributed by atoms with Gasteiger partial charge in [0.1, 0.15) is 12.1 Å². The summed E-state index contributed by atoms with van der Waals surface area (Å²) in [6.07, 6.45) is -11.0. The lowest BCUT2D eigenvalue weighted by Gasteiger charge is -2.20. The zero-order valence-electron chi connectivity index (χ0n) is 14.2. The Morgan fingerprint density at radius 1 is 1.00 bits per heavy atom. The Morgan fingerprint density at radius 2 is 1.62 bits per heavy atom. The van der Waals surface area contributed by atoms with Crippen molar-refractivity contribution in [2.24, 2.45) is 0 Å². The van der Waals surface area contributed by atoms with Crippen LogP contribution in [-0.2, 0) is 0 Å². The van der Waals surface area contributed by atoms with Gasteiger partial charge in [-0.15, -0.1) is 5.10 Å². The number of alkyl halides is 5. The molecular weight excluding hydrogens is 403 g/mol. The normalized spacial score (nSPS) is 11.9. The first-order valence-electron chi connectivity index (χ1n) is 7.81. The standard InChI is InChI=1S/C17H11F5N4O3/c18-16(19,20)17(21,22)29-13-7-5-12(6-8-13)26-9-23-14(25-26)10-1-3-11(4-2-10)24-15(27)28/h1-9,24H,(H,27,28). The van der Waals surface area contributed by atoms with E-state index in [-0.39, 0.29) is 5.82 Å². The summed E-state index contributed by atoms with van der Waals surface area (Å²) >= 11 is 0. The highest BCUT2D eigenvalue weighted by Crippen LogP contribution is 2.37. The Kier molecular flexibility index (Phi) is 5.10. The zero-order valence-corrected chi connectivity index (χ0v) is 14.2. The summed E-state index contributed by atoms with van der Waals surface area (Å²) in [5.74, 6) is -0.381. The molecule has 1 amide bonds. The van der Waals surface area contributed by atoms with Gasteiger partial charge in [0.05, 0.1) is 5.69 Å². The summed E-state index contributed by atoms with van der Waals surface area (Å²) in [4.78, 5) is 14.7. The van der Waals surface area contributed by atoms with Crippen molar-refractivity contribution in [3.8, 4) is 22.8 Å². The van der Waals surface area contributed by atoms with E-state index in [9.17, 15) is 26.7 Å². The molecule has 7 nitrogen and oxygen atoms in total. The van der Waals surface area contributed by atoms with Crippen molar-refractivity contribution in [2.45, 2.75) is 12.3 Å². The van der Waals surface area contributed by atoms with Gasteiger partial charge in [0.2, 0.25) is 0 Å². The van der Waals surface area contributed by atoms with E-state index in [2.05, 4.69) is 20.1 Å². The summed E-state index contributed by atoms with van der Waals surface area (Å²) in [5.41, 5.74) is 1.27. The summed E-state index contributed by atoms with van der Waals surface area (Å²) in [6.45, 7) is 0. The minimum absolute atomic E-state index is 0.288. The third-order valence-corrected chi connectivity index (χ3v) is 3.56. The van der Waals surface area contributed by atoms with Crippen LogP contribution in [0.3, 0.4) is 0 Å². The number of ether oxygens (including phenoxy) is 1. The van der Waals surface area contributed by atoms with Gasteiger partial charge in [-0.2, -0.15) is 22.0 Å². The van der Waals surface area contributed by atoms with Gasteiger partial charge in [0.25, 0.3) is 0 Å². The molecular formula is C17H11F5N4O3. The molecule has 0 bridgehead atoms. The van der Waals surface area contributed by atoms with Crippen LogP contribution in [0.15, 0.2) is 54.9 Å². The maximum absolute atomic E-state index is 12.9. The van der Waals surface area contributed by atoms with Crippen LogP contribution in [0.5, 0.6) is 5.75 Å². The summed E-state index contributed by atoms with van der Waals surface area (Å²) in [5, 5.41) is 15.0. The topological polar surface area (TPSA) is 89.3 Å². The van der Waals surface area contributed by atoms with E-state index in [4.69, 9.17) is 5.11 Å². The van der Waals surface area contributed by atoms with Gasteiger partial charge < -0.3 is 9.84 Å². The lowest BCUT2D eigenvalue weighted by molar-refractivity contribution is -0.360. The molecule has 0 fully saturated rings. The molecule has 12 heteroatoms. The first-order valence-corrected chi connectivity index (χ1v) is 7.81. The van der Waals surface area contributed by atoms with E-state index in [1.807, 2.05) is 0 Å². The molecule has 0 radical (unpaired) electrons. The van der Waals surface area contributed by atoms with Gasteiger partial charge in [-0.3, -0.25) is 5.32 Å². The second-order valence-corrected chi connectivity index (χ2v) is 5.63. The number of anilines is 1. The largest absolute Gasteiger partial charge is 0.499 e. The van der Waals surface area contributed by atoms with Gasteiger partial charge in [0, 0.05) is 11.3 Å². The van der Waals surface area contributed by atoms with E-state index >= 15 is 0 Å². The average molecular weight is 414 g/mol. The third-order valence-electron chi connectivity index (χ3n) is 3.56. The number of halogens is 5. The van der Waals surface area contributed by atoms with Gasteiger partial charge in [0.15, 0.2) is 5.82 Å². The number of carboxylic acid groups (broad SMARTS) is 1. The minimum Gasteiger partial charge on any atom is -0.465 e. The van der Waals surface area contributed by atoms with Crippen molar-refractivity contribution < 1.29 is 36.6 Å². The molecule has 0 aliphatic rings. The summed E-state index contributed by atoms with van der Waals surface area (Å²) in [7, 11) is 0. The number of carbonyl (C=O) groups is 1. The molecule has 1 heterocycles. The average Bonchev–Trinajstić information content (AvgIpc) is 3.11. The molecule has 2 aromatic carbocycles. The highest BCUT2D eigenvalue weighted by molar-refractivity contribution is 5.83. The second kappa shape index (κ2) is 7.37. The highest BCUT2D eigenvalue weighted by Gasteiger charge is 2.61. The Bertz CT molecular complexity index is 1000. The Balaban J connectivity index is 1.74. The Labute approximate surface area is 159 Å². The van der Waals surface area contributed by atoms with Gasteiger partial charge in [-0.25, -0.2) is 14.5 Å². The van der Waals surface area contributed by atoms with Crippen molar-refractivity contribution in [3.63, 3.8) is 0 Å². The van der Waals surface area contributed by atoms with Crippen LogP contribution in [0.1, 0.15) is 0 Å². The first kappa shape index (κ1) is 20.0. The van der Waals surface area contributed by atoms with Gasteiger partial charge >= 0.3 is 18.4 Å². The smallest absolute Gasteiger partial charge is 0.465 e. The predicted molar refractivity (Wildman–Crippen MR) is 90.1 cm³/mol. The van der Waals surface area contributed by atoms with Crippen LogP contribution < -0.4 is 10.1 Å². The quantitative estimate of drug-likeness (QED) is 0.598.